The number of carbonyl (C=O) groups is 1. The molecule has 2 bridgehead atoms. The van der Waals surface area contributed by atoms with Crippen molar-refractivity contribution in [2.75, 3.05) is 18.1 Å². The molecule has 2 N–H and O–H groups in total. The smallest absolute Gasteiger partial charge is 0.232 e. The van der Waals surface area contributed by atoms with Crippen LogP contribution in [0.5, 0.6) is 0 Å². The number of aliphatic hydroxyl groups excluding tert-OH is 1. The van der Waals surface area contributed by atoms with Crippen molar-refractivity contribution in [3.8, 4) is 0 Å². The van der Waals surface area contributed by atoms with Crippen molar-refractivity contribution < 1.29 is 14.7 Å². The molecule has 0 aliphatic carbocycles. The van der Waals surface area contributed by atoms with Crippen molar-refractivity contribution in [3.63, 3.8) is 0 Å². The number of amides is 1. The van der Waals surface area contributed by atoms with E-state index in [2.05, 4.69) is 33.0 Å². The second-order valence-electron chi connectivity index (χ2n) is 6.09. The summed E-state index contributed by atoms with van der Waals surface area (Å²) in [6.07, 6.45) is 0.795. The molecule has 6 heteroatoms. The van der Waals surface area contributed by atoms with Gasteiger partial charge in [-0.1, -0.05) is 0 Å². The summed E-state index contributed by atoms with van der Waals surface area (Å²) >= 11 is 1.43. The number of carbonyl (C=O) groups excluding carboxylic acids is 1. The number of thioether (sulfide) groups is 1. The number of nitrogens with one attached hydrogen (secondary N) is 1. The molecular weight excluding hydrogens is 252 g/mol. The first-order chi connectivity index (χ1) is 8.25. The molecule has 5 nitrogen and oxygen atoms in total. The highest BCUT2D eigenvalue weighted by molar-refractivity contribution is 7.99. The van der Waals surface area contributed by atoms with Gasteiger partial charge >= 0.3 is 0 Å². The molecule has 0 aromatic heterocycles. The third kappa shape index (κ3) is 1.95. The molecule has 0 aromatic carbocycles. The van der Waals surface area contributed by atoms with E-state index in [0.717, 1.165) is 6.42 Å². The van der Waals surface area contributed by atoms with Crippen LogP contribution in [0.25, 0.3) is 0 Å². The summed E-state index contributed by atoms with van der Waals surface area (Å²) in [5.41, 5.74) is -0.782. The molecule has 3 rings (SSSR count). The molecule has 2 atom stereocenters. The van der Waals surface area contributed by atoms with Crippen LogP contribution in [0.2, 0.25) is 0 Å². The van der Waals surface area contributed by atoms with Gasteiger partial charge in [0.05, 0.1) is 17.9 Å². The van der Waals surface area contributed by atoms with E-state index in [4.69, 9.17) is 9.94 Å². The van der Waals surface area contributed by atoms with Gasteiger partial charge in [0.15, 0.2) is 5.72 Å². The van der Waals surface area contributed by atoms with E-state index in [1.165, 1.54) is 11.8 Å². The van der Waals surface area contributed by atoms with E-state index in [-0.39, 0.29) is 23.6 Å². The topological polar surface area (TPSA) is 61.8 Å². The number of aliphatic hydroxyl groups is 1. The lowest BCUT2D eigenvalue weighted by Crippen LogP contribution is -2.75. The Bertz CT molecular complexity index is 359. The van der Waals surface area contributed by atoms with Gasteiger partial charge in [-0.3, -0.25) is 9.63 Å². The lowest BCUT2D eigenvalue weighted by atomic mass is 9.88. The summed E-state index contributed by atoms with van der Waals surface area (Å²) < 4.78 is 0. The van der Waals surface area contributed by atoms with Gasteiger partial charge in [-0.15, -0.1) is 11.8 Å². The molecule has 3 heterocycles. The molecule has 0 aromatic rings. The van der Waals surface area contributed by atoms with E-state index in [1.54, 1.807) is 0 Å². The fourth-order valence-corrected chi connectivity index (χ4v) is 3.56. The average Bonchev–Trinajstić information content (AvgIpc) is 2.60. The van der Waals surface area contributed by atoms with Crippen LogP contribution < -0.4 is 5.32 Å². The van der Waals surface area contributed by atoms with E-state index in [0.29, 0.717) is 11.5 Å². The first kappa shape index (κ1) is 14.1. The Kier molecular flexibility index (Phi) is 3.43. The molecule has 3 fully saturated rings. The number of nitrogens with zero attached hydrogens (tertiary/aromatic N) is 1. The highest BCUT2D eigenvalue weighted by Crippen LogP contribution is 2.58. The fourth-order valence-electron chi connectivity index (χ4n) is 3.03. The lowest BCUT2D eigenvalue weighted by Gasteiger charge is -2.56. The van der Waals surface area contributed by atoms with Crippen molar-refractivity contribution in [1.29, 1.82) is 0 Å². The highest BCUT2D eigenvalue weighted by Gasteiger charge is 2.73. The molecule has 0 saturated carbocycles. The Labute approximate surface area is 112 Å². The SMILES string of the molecule is CC1(C)CC2(NC(=O)CSCCO)ON1C2(C)C. The molecule has 3 saturated heterocycles. The Balaban J connectivity index is 1.96. The first-order valence-corrected chi connectivity index (χ1v) is 7.40. The maximum absolute atomic E-state index is 11.9. The van der Waals surface area contributed by atoms with Gasteiger partial charge in [0.25, 0.3) is 0 Å². The van der Waals surface area contributed by atoms with Crippen LogP contribution in [0.4, 0.5) is 0 Å². The van der Waals surface area contributed by atoms with Gasteiger partial charge < -0.3 is 10.4 Å². The van der Waals surface area contributed by atoms with Crippen molar-refractivity contribution in [2.24, 2.45) is 0 Å². The molecule has 2 unspecified atom stereocenters. The number of fused-ring (bicyclic) bond motifs is 1. The molecular formula is C12H22N2O3S. The minimum Gasteiger partial charge on any atom is -0.396 e. The maximum Gasteiger partial charge on any atom is 0.232 e. The van der Waals surface area contributed by atoms with Gasteiger partial charge in [-0.05, 0) is 27.7 Å². The van der Waals surface area contributed by atoms with Crippen LogP contribution in [0, 0.1) is 0 Å². The van der Waals surface area contributed by atoms with Crippen LogP contribution >= 0.6 is 11.8 Å². The second kappa shape index (κ2) is 4.37. The highest BCUT2D eigenvalue weighted by atomic mass is 32.2. The van der Waals surface area contributed by atoms with Crippen LogP contribution in [-0.4, -0.2) is 51.0 Å². The monoisotopic (exact) mass is 274 g/mol. The van der Waals surface area contributed by atoms with Crippen molar-refractivity contribution in [1.82, 2.24) is 10.4 Å². The minimum absolute atomic E-state index is 0.0288. The summed E-state index contributed by atoms with van der Waals surface area (Å²) in [7, 11) is 0. The molecule has 18 heavy (non-hydrogen) atoms. The van der Waals surface area contributed by atoms with E-state index >= 15 is 0 Å². The van der Waals surface area contributed by atoms with Crippen molar-refractivity contribution >= 4 is 17.7 Å². The molecule has 104 valence electrons. The molecule has 0 spiro atoms. The van der Waals surface area contributed by atoms with E-state index in [1.807, 2.05) is 5.06 Å². The summed E-state index contributed by atoms with van der Waals surface area (Å²) in [6, 6.07) is 0. The Morgan fingerprint density at radius 1 is 1.44 bits per heavy atom. The van der Waals surface area contributed by atoms with Gasteiger partial charge in [-0.25, -0.2) is 0 Å². The fraction of sp³-hybridized carbons (Fsp3) is 0.917. The predicted octanol–water partition coefficient (Wildman–Crippen LogP) is 0.732. The van der Waals surface area contributed by atoms with Gasteiger partial charge in [0.2, 0.25) is 5.91 Å². The van der Waals surface area contributed by atoms with E-state index in [9.17, 15) is 4.79 Å². The van der Waals surface area contributed by atoms with Gasteiger partial charge in [0.1, 0.15) is 0 Å². The lowest BCUT2D eigenvalue weighted by molar-refractivity contribution is -0.403. The Hall–Kier alpha value is -0.300. The molecule has 3 aliphatic heterocycles. The van der Waals surface area contributed by atoms with Crippen molar-refractivity contribution in [2.45, 2.75) is 50.9 Å². The summed E-state index contributed by atoms with van der Waals surface area (Å²) in [6.45, 7) is 8.52. The van der Waals surface area contributed by atoms with Crippen LogP contribution in [0.15, 0.2) is 0 Å². The Morgan fingerprint density at radius 2 is 2.11 bits per heavy atom. The zero-order valence-corrected chi connectivity index (χ0v) is 12.3. The molecule has 1 amide bonds. The molecule has 3 aliphatic rings. The largest absolute Gasteiger partial charge is 0.396 e. The van der Waals surface area contributed by atoms with Gasteiger partial charge in [-0.2, -0.15) is 5.06 Å². The third-order valence-electron chi connectivity index (χ3n) is 3.78. The summed E-state index contributed by atoms with van der Waals surface area (Å²) in [5, 5.41) is 13.7. The Morgan fingerprint density at radius 3 is 2.56 bits per heavy atom. The van der Waals surface area contributed by atoms with Crippen molar-refractivity contribution in [3.05, 3.63) is 0 Å². The zero-order valence-electron chi connectivity index (χ0n) is 11.4. The summed E-state index contributed by atoms with van der Waals surface area (Å²) in [4.78, 5) is 17.7. The zero-order chi connectivity index (χ0) is 13.6. The van der Waals surface area contributed by atoms with Crippen LogP contribution in [-0.2, 0) is 9.63 Å². The number of hydrogen-bond donors (Lipinski definition) is 2. The second-order valence-corrected chi connectivity index (χ2v) is 7.19. The quantitative estimate of drug-likeness (QED) is 0.724. The summed E-state index contributed by atoms with van der Waals surface area (Å²) in [5.74, 6) is 0.920. The van der Waals surface area contributed by atoms with Crippen LogP contribution in [0.3, 0.4) is 0 Å². The number of rotatable bonds is 5. The minimum atomic E-state index is -0.562. The van der Waals surface area contributed by atoms with Crippen LogP contribution in [0.1, 0.15) is 34.1 Å². The predicted molar refractivity (Wildman–Crippen MR) is 71.0 cm³/mol. The average molecular weight is 274 g/mol. The normalized spacial score (nSPS) is 35.1. The van der Waals surface area contributed by atoms with Gasteiger partial charge in [0, 0.05) is 17.7 Å². The third-order valence-corrected chi connectivity index (χ3v) is 4.72. The maximum atomic E-state index is 11.9. The number of hydroxylamine groups is 2. The molecule has 0 radical (unpaired) electrons. The number of hydrogen-bond acceptors (Lipinski definition) is 5. The van der Waals surface area contributed by atoms with E-state index < -0.39 is 5.72 Å². The standard InChI is InChI=1S/C12H22N2O3S/c1-10(2)8-12(11(3,4)14(10)17-12)13-9(16)7-18-6-5-15/h15H,5-8H2,1-4H3,(H,13,16). The first-order valence-electron chi connectivity index (χ1n) is 6.24.